The van der Waals surface area contributed by atoms with E-state index in [4.69, 9.17) is 0 Å². The molecular formula is C15H22N2OS. The van der Waals surface area contributed by atoms with E-state index in [0.29, 0.717) is 4.75 Å². The summed E-state index contributed by atoms with van der Waals surface area (Å²) in [5, 5.41) is 6.33. The van der Waals surface area contributed by atoms with Crippen LogP contribution in [0.4, 0.5) is 5.69 Å². The van der Waals surface area contributed by atoms with Crippen LogP contribution in [0.25, 0.3) is 0 Å². The third-order valence-corrected chi connectivity index (χ3v) is 5.02. The Morgan fingerprint density at radius 2 is 2.16 bits per heavy atom. The summed E-state index contributed by atoms with van der Waals surface area (Å²) in [5.41, 5.74) is 2.83. The van der Waals surface area contributed by atoms with Gasteiger partial charge in [0.1, 0.15) is 0 Å². The van der Waals surface area contributed by atoms with Crippen LogP contribution in [0.1, 0.15) is 35.7 Å². The Labute approximate surface area is 119 Å². The zero-order valence-corrected chi connectivity index (χ0v) is 12.7. The van der Waals surface area contributed by atoms with Crippen molar-refractivity contribution in [2.24, 2.45) is 0 Å². The Bertz CT molecular complexity index is 469. The van der Waals surface area contributed by atoms with Gasteiger partial charge in [-0.15, -0.1) is 0 Å². The second-order valence-corrected chi connectivity index (χ2v) is 6.42. The second-order valence-electron chi connectivity index (χ2n) is 5.15. The van der Waals surface area contributed by atoms with Gasteiger partial charge in [-0.2, -0.15) is 11.8 Å². The van der Waals surface area contributed by atoms with E-state index in [1.165, 1.54) is 12.8 Å². The molecule has 1 aromatic rings. The highest BCUT2D eigenvalue weighted by atomic mass is 32.2. The number of hydrogen-bond donors (Lipinski definition) is 2. The number of benzene rings is 1. The van der Waals surface area contributed by atoms with Crippen LogP contribution in [0.5, 0.6) is 0 Å². The van der Waals surface area contributed by atoms with Crippen molar-refractivity contribution in [3.63, 3.8) is 0 Å². The Hall–Kier alpha value is -1.16. The van der Waals surface area contributed by atoms with Gasteiger partial charge in [-0.1, -0.05) is 6.07 Å². The molecule has 1 amide bonds. The van der Waals surface area contributed by atoms with Gasteiger partial charge in [-0.05, 0) is 50.6 Å². The van der Waals surface area contributed by atoms with Crippen molar-refractivity contribution in [3.05, 3.63) is 29.3 Å². The molecule has 1 fully saturated rings. The number of hydrogen-bond acceptors (Lipinski definition) is 3. The van der Waals surface area contributed by atoms with Crippen LogP contribution in [0.2, 0.25) is 0 Å². The minimum Gasteiger partial charge on any atom is -0.385 e. The number of anilines is 1. The maximum absolute atomic E-state index is 12.3. The van der Waals surface area contributed by atoms with Crippen molar-refractivity contribution in [1.82, 2.24) is 5.32 Å². The number of rotatable bonds is 6. The van der Waals surface area contributed by atoms with E-state index in [0.717, 1.165) is 29.9 Å². The van der Waals surface area contributed by atoms with Gasteiger partial charge in [-0.25, -0.2) is 0 Å². The third kappa shape index (κ3) is 3.44. The van der Waals surface area contributed by atoms with Crippen molar-refractivity contribution in [1.29, 1.82) is 0 Å². The fourth-order valence-electron chi connectivity index (χ4n) is 2.12. The molecule has 1 saturated carbocycles. The van der Waals surface area contributed by atoms with Crippen LogP contribution in [-0.4, -0.2) is 30.0 Å². The summed E-state index contributed by atoms with van der Waals surface area (Å²) in [6, 6.07) is 5.92. The van der Waals surface area contributed by atoms with Crippen LogP contribution in [-0.2, 0) is 0 Å². The highest BCUT2D eigenvalue weighted by Gasteiger charge is 2.42. The van der Waals surface area contributed by atoms with E-state index >= 15 is 0 Å². The summed E-state index contributed by atoms with van der Waals surface area (Å²) < 4.78 is 0.304. The van der Waals surface area contributed by atoms with Gasteiger partial charge in [0.2, 0.25) is 0 Å². The molecule has 0 saturated heterocycles. The lowest BCUT2D eigenvalue weighted by Gasteiger charge is -2.15. The van der Waals surface area contributed by atoms with Gasteiger partial charge < -0.3 is 10.6 Å². The van der Waals surface area contributed by atoms with Crippen LogP contribution >= 0.6 is 11.8 Å². The van der Waals surface area contributed by atoms with Crippen LogP contribution < -0.4 is 10.6 Å². The molecule has 0 atom stereocenters. The first-order valence-electron chi connectivity index (χ1n) is 6.78. The minimum absolute atomic E-state index is 0.0243. The van der Waals surface area contributed by atoms with E-state index in [1.807, 2.05) is 43.8 Å². The maximum atomic E-state index is 12.3. The fourth-order valence-corrected chi connectivity index (χ4v) is 2.85. The average Bonchev–Trinajstić information content (AvgIpc) is 3.17. The lowest BCUT2D eigenvalue weighted by molar-refractivity contribution is 0.0954. The van der Waals surface area contributed by atoms with Gasteiger partial charge in [0.15, 0.2) is 0 Å². The molecule has 0 bridgehead atoms. The number of carbonyl (C=O) groups is 1. The lowest BCUT2D eigenvalue weighted by Crippen LogP contribution is -2.32. The molecule has 1 aromatic carbocycles. The summed E-state index contributed by atoms with van der Waals surface area (Å²) in [6.45, 7) is 5.66. The predicted molar refractivity (Wildman–Crippen MR) is 83.2 cm³/mol. The monoisotopic (exact) mass is 278 g/mol. The molecule has 2 rings (SSSR count). The maximum Gasteiger partial charge on any atom is 0.253 e. The summed E-state index contributed by atoms with van der Waals surface area (Å²) in [6.07, 6.45) is 4.54. The molecule has 0 heterocycles. The summed E-state index contributed by atoms with van der Waals surface area (Å²) in [4.78, 5) is 12.3. The number of carbonyl (C=O) groups excluding carboxylic acids is 1. The summed E-state index contributed by atoms with van der Waals surface area (Å²) in [7, 11) is 0. The lowest BCUT2D eigenvalue weighted by atomic mass is 10.1. The van der Waals surface area contributed by atoms with E-state index < -0.39 is 0 Å². The number of aryl methyl sites for hydroxylation is 1. The van der Waals surface area contributed by atoms with Crippen molar-refractivity contribution >= 4 is 23.4 Å². The smallest absolute Gasteiger partial charge is 0.253 e. The molecule has 19 heavy (non-hydrogen) atoms. The highest BCUT2D eigenvalue weighted by molar-refractivity contribution is 8.00. The van der Waals surface area contributed by atoms with Gasteiger partial charge in [-0.3, -0.25) is 4.79 Å². The molecule has 0 unspecified atom stereocenters. The van der Waals surface area contributed by atoms with Crippen LogP contribution in [0.15, 0.2) is 18.2 Å². The largest absolute Gasteiger partial charge is 0.385 e. The van der Waals surface area contributed by atoms with E-state index in [2.05, 4.69) is 16.9 Å². The molecule has 1 aliphatic rings. The van der Waals surface area contributed by atoms with Crippen molar-refractivity contribution in [2.45, 2.75) is 31.4 Å². The van der Waals surface area contributed by atoms with Gasteiger partial charge in [0.25, 0.3) is 5.91 Å². The molecule has 104 valence electrons. The average molecular weight is 278 g/mol. The Kier molecular flexibility index (Phi) is 4.40. The molecule has 1 aliphatic carbocycles. The van der Waals surface area contributed by atoms with E-state index in [9.17, 15) is 4.79 Å². The molecular weight excluding hydrogens is 256 g/mol. The Morgan fingerprint density at radius 1 is 1.42 bits per heavy atom. The first-order valence-corrected chi connectivity index (χ1v) is 8.00. The molecule has 0 spiro atoms. The molecule has 0 radical (unpaired) electrons. The van der Waals surface area contributed by atoms with Gasteiger partial charge >= 0.3 is 0 Å². The van der Waals surface area contributed by atoms with Crippen molar-refractivity contribution in [2.75, 3.05) is 24.7 Å². The Morgan fingerprint density at radius 3 is 2.74 bits per heavy atom. The zero-order chi connectivity index (χ0) is 13.9. The SMILES string of the molecule is CCNc1cc(C)ccc1C(=O)NCC1(SC)CC1. The normalized spacial score (nSPS) is 15.9. The number of amides is 1. The standard InChI is InChI=1S/C15H22N2OS/c1-4-16-13-9-11(2)5-6-12(13)14(18)17-10-15(19-3)7-8-15/h5-6,9,16H,4,7-8,10H2,1-3H3,(H,17,18). The second kappa shape index (κ2) is 5.87. The van der Waals surface area contributed by atoms with Crippen LogP contribution in [0.3, 0.4) is 0 Å². The summed E-state index contributed by atoms with van der Waals surface area (Å²) in [5.74, 6) is 0.0243. The molecule has 2 N–H and O–H groups in total. The van der Waals surface area contributed by atoms with Crippen molar-refractivity contribution in [3.8, 4) is 0 Å². The molecule has 0 aromatic heterocycles. The number of nitrogens with one attached hydrogen (secondary N) is 2. The molecule has 0 aliphatic heterocycles. The number of thioether (sulfide) groups is 1. The first kappa shape index (κ1) is 14.3. The van der Waals surface area contributed by atoms with Gasteiger partial charge in [0, 0.05) is 23.5 Å². The fraction of sp³-hybridized carbons (Fsp3) is 0.533. The highest BCUT2D eigenvalue weighted by Crippen LogP contribution is 2.46. The third-order valence-electron chi connectivity index (χ3n) is 3.60. The topological polar surface area (TPSA) is 41.1 Å². The quantitative estimate of drug-likeness (QED) is 0.840. The zero-order valence-electron chi connectivity index (χ0n) is 11.9. The summed E-state index contributed by atoms with van der Waals surface area (Å²) >= 11 is 1.86. The molecule has 3 nitrogen and oxygen atoms in total. The van der Waals surface area contributed by atoms with Gasteiger partial charge in [0.05, 0.1) is 5.56 Å². The van der Waals surface area contributed by atoms with E-state index in [-0.39, 0.29) is 5.91 Å². The Balaban J connectivity index is 2.05. The van der Waals surface area contributed by atoms with Crippen LogP contribution in [0, 0.1) is 6.92 Å². The minimum atomic E-state index is 0.0243. The van der Waals surface area contributed by atoms with Crippen molar-refractivity contribution < 1.29 is 4.79 Å². The predicted octanol–water partition coefficient (Wildman–Crippen LogP) is 3.05. The first-order chi connectivity index (χ1) is 9.10. The molecule has 4 heteroatoms. The van der Waals surface area contributed by atoms with E-state index in [1.54, 1.807) is 0 Å².